The molecule has 0 bridgehead atoms. The average Bonchev–Trinajstić information content (AvgIpc) is 2.75. The molecule has 0 radical (unpaired) electrons. The zero-order chi connectivity index (χ0) is 14.3. The number of urea groups is 1. The number of fused-ring (bicyclic) bond motifs is 1. The number of carbonyl (C=O) groups is 2. The van der Waals surface area contributed by atoms with Crippen molar-refractivity contribution in [2.75, 3.05) is 11.9 Å². The molecule has 20 heavy (non-hydrogen) atoms. The summed E-state index contributed by atoms with van der Waals surface area (Å²) >= 11 is 0. The molecule has 1 saturated carbocycles. The molecule has 1 unspecified atom stereocenters. The lowest BCUT2D eigenvalue weighted by Crippen LogP contribution is -2.52. The third-order valence-electron chi connectivity index (χ3n) is 4.39. The van der Waals surface area contributed by atoms with Gasteiger partial charge in [0.25, 0.3) is 0 Å². The van der Waals surface area contributed by atoms with Gasteiger partial charge in [-0.15, -0.1) is 0 Å². The quantitative estimate of drug-likeness (QED) is 0.898. The molecule has 3 rings (SSSR count). The third-order valence-corrected chi connectivity index (χ3v) is 4.39. The van der Waals surface area contributed by atoms with Crippen LogP contribution >= 0.6 is 0 Å². The molecule has 2 amide bonds. The molecule has 2 aliphatic rings. The number of nitrogens with zero attached hydrogens (tertiary/aromatic N) is 2. The maximum absolute atomic E-state index is 12.6. The lowest BCUT2D eigenvalue weighted by molar-refractivity contribution is -0.138. The Kier molecular flexibility index (Phi) is 3.12. The van der Waals surface area contributed by atoms with Crippen LogP contribution in [-0.4, -0.2) is 41.1 Å². The molecule has 0 saturated heterocycles. The standard InChI is InChI=1S/C15H18N2O3/c1-16(11-6-4-7-11)15(20)17-12-8-3-2-5-10(12)9-13(17)14(18)19/h2-3,5,8,11,13H,4,6-7,9H2,1H3,(H,18,19). The van der Waals surface area contributed by atoms with Crippen LogP contribution in [0.4, 0.5) is 10.5 Å². The van der Waals surface area contributed by atoms with Crippen LogP contribution in [0.5, 0.6) is 0 Å². The van der Waals surface area contributed by atoms with Crippen LogP contribution in [0.15, 0.2) is 24.3 Å². The average molecular weight is 274 g/mol. The molecule has 1 aliphatic heterocycles. The Hall–Kier alpha value is -2.04. The zero-order valence-electron chi connectivity index (χ0n) is 11.5. The van der Waals surface area contributed by atoms with Crippen molar-refractivity contribution in [3.05, 3.63) is 29.8 Å². The Labute approximate surface area is 117 Å². The van der Waals surface area contributed by atoms with Gasteiger partial charge in [0, 0.05) is 25.2 Å². The second kappa shape index (κ2) is 4.81. The zero-order valence-corrected chi connectivity index (χ0v) is 11.5. The lowest BCUT2D eigenvalue weighted by atomic mass is 9.92. The summed E-state index contributed by atoms with van der Waals surface area (Å²) in [6.07, 6.45) is 3.54. The highest BCUT2D eigenvalue weighted by Gasteiger charge is 2.41. The number of aliphatic carboxylic acids is 1. The van der Waals surface area contributed by atoms with Crippen LogP contribution in [0.1, 0.15) is 24.8 Å². The van der Waals surface area contributed by atoms with E-state index in [2.05, 4.69) is 0 Å². The monoisotopic (exact) mass is 274 g/mol. The van der Waals surface area contributed by atoms with E-state index in [4.69, 9.17) is 0 Å². The van der Waals surface area contributed by atoms with E-state index in [1.165, 1.54) is 4.90 Å². The summed E-state index contributed by atoms with van der Waals surface area (Å²) in [5.74, 6) is -0.948. The molecular formula is C15H18N2O3. The Morgan fingerprint density at radius 3 is 2.60 bits per heavy atom. The molecule has 5 nitrogen and oxygen atoms in total. The molecule has 1 fully saturated rings. The largest absolute Gasteiger partial charge is 0.480 e. The SMILES string of the molecule is CN(C(=O)N1c2ccccc2CC1C(=O)O)C1CCC1. The van der Waals surface area contributed by atoms with Crippen LogP contribution in [0.2, 0.25) is 0 Å². The van der Waals surface area contributed by atoms with E-state index in [0.29, 0.717) is 6.42 Å². The molecular weight excluding hydrogens is 256 g/mol. The minimum atomic E-state index is -0.948. The highest BCUT2D eigenvalue weighted by molar-refractivity contribution is 6.01. The Balaban J connectivity index is 1.91. The summed E-state index contributed by atoms with van der Waals surface area (Å²) in [6, 6.07) is 6.69. The molecule has 1 heterocycles. The van der Waals surface area contributed by atoms with E-state index in [-0.39, 0.29) is 12.1 Å². The van der Waals surface area contributed by atoms with Crippen molar-refractivity contribution in [3.8, 4) is 0 Å². The number of carboxylic acid groups (broad SMARTS) is 1. The van der Waals surface area contributed by atoms with E-state index >= 15 is 0 Å². The van der Waals surface area contributed by atoms with Crippen molar-refractivity contribution < 1.29 is 14.7 Å². The fourth-order valence-corrected chi connectivity index (χ4v) is 2.92. The smallest absolute Gasteiger partial charge is 0.327 e. The van der Waals surface area contributed by atoms with Crippen LogP contribution in [0.3, 0.4) is 0 Å². The molecule has 0 aromatic heterocycles. The topological polar surface area (TPSA) is 60.9 Å². The van der Waals surface area contributed by atoms with Crippen LogP contribution in [0.25, 0.3) is 0 Å². The summed E-state index contributed by atoms with van der Waals surface area (Å²) < 4.78 is 0. The maximum Gasteiger partial charge on any atom is 0.327 e. The van der Waals surface area contributed by atoms with Crippen LogP contribution in [0, 0.1) is 0 Å². The number of hydrogen-bond donors (Lipinski definition) is 1. The molecule has 1 aromatic carbocycles. The number of carbonyl (C=O) groups excluding carboxylic acids is 1. The number of rotatable bonds is 2. The molecule has 0 spiro atoms. The molecule has 1 atom stereocenters. The Morgan fingerprint density at radius 2 is 2.00 bits per heavy atom. The normalized spacial score (nSPS) is 21.2. The highest BCUT2D eigenvalue weighted by atomic mass is 16.4. The van der Waals surface area contributed by atoms with Crippen LogP contribution < -0.4 is 4.90 Å². The van der Waals surface area contributed by atoms with Crippen molar-refractivity contribution in [1.82, 2.24) is 4.90 Å². The van der Waals surface area contributed by atoms with Crippen molar-refractivity contribution in [2.24, 2.45) is 0 Å². The second-order valence-corrected chi connectivity index (χ2v) is 5.54. The van der Waals surface area contributed by atoms with Gasteiger partial charge in [0.2, 0.25) is 0 Å². The minimum absolute atomic E-state index is 0.202. The number of amides is 2. The fourth-order valence-electron chi connectivity index (χ4n) is 2.92. The van der Waals surface area contributed by atoms with Gasteiger partial charge in [-0.25, -0.2) is 9.59 Å². The van der Waals surface area contributed by atoms with Gasteiger partial charge in [0.1, 0.15) is 6.04 Å². The summed E-state index contributed by atoms with van der Waals surface area (Å²) in [5, 5.41) is 9.38. The lowest BCUT2D eigenvalue weighted by Gasteiger charge is -2.38. The van der Waals surface area contributed by atoms with E-state index in [1.807, 2.05) is 24.3 Å². The Morgan fingerprint density at radius 1 is 1.30 bits per heavy atom. The van der Waals surface area contributed by atoms with Crippen LogP contribution in [-0.2, 0) is 11.2 Å². The summed E-state index contributed by atoms with van der Waals surface area (Å²) in [4.78, 5) is 27.2. The first-order valence-electron chi connectivity index (χ1n) is 6.96. The third kappa shape index (κ3) is 1.94. The van der Waals surface area contributed by atoms with E-state index < -0.39 is 12.0 Å². The van der Waals surface area contributed by atoms with Gasteiger partial charge in [-0.3, -0.25) is 4.90 Å². The van der Waals surface area contributed by atoms with Gasteiger partial charge < -0.3 is 10.0 Å². The van der Waals surface area contributed by atoms with Gasteiger partial charge in [0.15, 0.2) is 0 Å². The van der Waals surface area contributed by atoms with E-state index in [9.17, 15) is 14.7 Å². The summed E-state index contributed by atoms with van der Waals surface area (Å²) in [6.45, 7) is 0. The van der Waals surface area contributed by atoms with E-state index in [1.54, 1.807) is 11.9 Å². The molecule has 1 N–H and O–H groups in total. The predicted molar refractivity (Wildman–Crippen MR) is 74.8 cm³/mol. The number of para-hydroxylation sites is 1. The first-order chi connectivity index (χ1) is 9.59. The second-order valence-electron chi connectivity index (χ2n) is 5.54. The minimum Gasteiger partial charge on any atom is -0.480 e. The molecule has 106 valence electrons. The van der Waals surface area contributed by atoms with Gasteiger partial charge in [-0.2, -0.15) is 0 Å². The predicted octanol–water partition coefficient (Wildman–Crippen LogP) is 2.11. The summed E-state index contributed by atoms with van der Waals surface area (Å²) in [7, 11) is 1.77. The Bertz CT molecular complexity index is 554. The van der Waals surface area contributed by atoms with Crippen molar-refractivity contribution in [3.63, 3.8) is 0 Å². The summed E-state index contributed by atoms with van der Waals surface area (Å²) in [5.41, 5.74) is 1.66. The van der Waals surface area contributed by atoms with Crippen molar-refractivity contribution in [1.29, 1.82) is 0 Å². The van der Waals surface area contributed by atoms with Gasteiger partial charge >= 0.3 is 12.0 Å². The van der Waals surface area contributed by atoms with Gasteiger partial charge in [0.05, 0.1) is 0 Å². The molecule has 1 aliphatic carbocycles. The number of carboxylic acids is 1. The fraction of sp³-hybridized carbons (Fsp3) is 0.467. The van der Waals surface area contributed by atoms with Crippen molar-refractivity contribution >= 4 is 17.7 Å². The molecule has 1 aromatic rings. The molecule has 5 heteroatoms. The van der Waals surface area contributed by atoms with Gasteiger partial charge in [-0.1, -0.05) is 18.2 Å². The highest BCUT2D eigenvalue weighted by Crippen LogP contribution is 2.34. The number of hydrogen-bond acceptors (Lipinski definition) is 2. The van der Waals surface area contributed by atoms with Crippen molar-refractivity contribution in [2.45, 2.75) is 37.8 Å². The van der Waals surface area contributed by atoms with Gasteiger partial charge in [-0.05, 0) is 30.9 Å². The first-order valence-corrected chi connectivity index (χ1v) is 6.96. The maximum atomic E-state index is 12.6. The van der Waals surface area contributed by atoms with E-state index in [0.717, 1.165) is 30.5 Å². The number of anilines is 1. The number of benzene rings is 1. The first kappa shape index (κ1) is 13.0.